The Morgan fingerprint density at radius 3 is 2.30 bits per heavy atom. The standard InChI is InChI=1S/C21H24N2O4/c1-26-12-13-27-18-14-23(15-18)21(25)19(16-8-4-2-5-9-16)22-20(24)17-10-6-3-7-11-17/h2-11,18-19H,12-15H2,1H3,(H,22,24)/t19-/m0/s1. The molecule has 1 aliphatic heterocycles. The van der Waals surface area contributed by atoms with Gasteiger partial charge in [-0.3, -0.25) is 9.59 Å². The van der Waals surface area contributed by atoms with Crippen molar-refractivity contribution in [1.82, 2.24) is 10.2 Å². The zero-order chi connectivity index (χ0) is 19.1. The van der Waals surface area contributed by atoms with Gasteiger partial charge in [-0.05, 0) is 17.7 Å². The van der Waals surface area contributed by atoms with E-state index in [1.807, 2.05) is 36.4 Å². The first-order valence-corrected chi connectivity index (χ1v) is 8.99. The molecule has 0 aromatic heterocycles. The predicted octanol–water partition coefficient (Wildman–Crippen LogP) is 2.03. The number of carbonyl (C=O) groups is 2. The van der Waals surface area contributed by atoms with E-state index in [0.717, 1.165) is 5.56 Å². The van der Waals surface area contributed by atoms with Gasteiger partial charge in [0.15, 0.2) is 0 Å². The first-order valence-electron chi connectivity index (χ1n) is 8.99. The summed E-state index contributed by atoms with van der Waals surface area (Å²) in [5, 5.41) is 2.87. The van der Waals surface area contributed by atoms with Gasteiger partial charge in [0.25, 0.3) is 5.91 Å². The fraction of sp³-hybridized carbons (Fsp3) is 0.333. The zero-order valence-electron chi connectivity index (χ0n) is 15.3. The minimum atomic E-state index is -0.723. The van der Waals surface area contributed by atoms with Gasteiger partial charge in [-0.2, -0.15) is 0 Å². The van der Waals surface area contributed by atoms with Crippen molar-refractivity contribution in [1.29, 1.82) is 0 Å². The summed E-state index contributed by atoms with van der Waals surface area (Å²) in [6.45, 7) is 2.08. The van der Waals surface area contributed by atoms with Gasteiger partial charge >= 0.3 is 0 Å². The molecule has 1 fully saturated rings. The Morgan fingerprint density at radius 1 is 1.04 bits per heavy atom. The SMILES string of the molecule is COCCOC1CN(C(=O)[C@@H](NC(=O)c2ccccc2)c2ccccc2)C1. The van der Waals surface area contributed by atoms with Crippen LogP contribution in [0.5, 0.6) is 0 Å². The minimum Gasteiger partial charge on any atom is -0.382 e. The van der Waals surface area contributed by atoms with E-state index in [-0.39, 0.29) is 17.9 Å². The number of hydrogen-bond donors (Lipinski definition) is 1. The molecular formula is C21H24N2O4. The molecule has 27 heavy (non-hydrogen) atoms. The zero-order valence-corrected chi connectivity index (χ0v) is 15.3. The van der Waals surface area contributed by atoms with E-state index >= 15 is 0 Å². The molecule has 1 saturated heterocycles. The first-order chi connectivity index (χ1) is 13.2. The Bertz CT molecular complexity index is 745. The molecule has 0 spiro atoms. The molecule has 0 bridgehead atoms. The second-order valence-electron chi connectivity index (χ2n) is 6.41. The Kier molecular flexibility index (Phi) is 6.57. The van der Waals surface area contributed by atoms with Crippen molar-refractivity contribution in [3.63, 3.8) is 0 Å². The first kappa shape index (κ1) is 19.1. The molecule has 1 N–H and O–H groups in total. The van der Waals surface area contributed by atoms with Crippen molar-refractivity contribution in [2.45, 2.75) is 12.1 Å². The molecule has 1 atom stereocenters. The highest BCUT2D eigenvalue weighted by Crippen LogP contribution is 2.21. The van der Waals surface area contributed by atoms with Crippen LogP contribution in [0.25, 0.3) is 0 Å². The summed E-state index contributed by atoms with van der Waals surface area (Å²) in [4.78, 5) is 27.3. The number of methoxy groups -OCH3 is 1. The minimum absolute atomic E-state index is 0.0188. The summed E-state index contributed by atoms with van der Waals surface area (Å²) in [6, 6.07) is 17.5. The van der Waals surface area contributed by atoms with Crippen LogP contribution in [-0.4, -0.2) is 56.2 Å². The molecule has 3 rings (SSSR count). The number of nitrogens with zero attached hydrogens (tertiary/aromatic N) is 1. The number of nitrogens with one attached hydrogen (secondary N) is 1. The largest absolute Gasteiger partial charge is 0.382 e. The van der Waals surface area contributed by atoms with Gasteiger partial charge in [-0.1, -0.05) is 48.5 Å². The summed E-state index contributed by atoms with van der Waals surface area (Å²) < 4.78 is 10.6. The number of rotatable bonds is 8. The highest BCUT2D eigenvalue weighted by molar-refractivity contribution is 5.98. The Balaban J connectivity index is 1.66. The summed E-state index contributed by atoms with van der Waals surface area (Å²) in [5.74, 6) is -0.400. The van der Waals surface area contributed by atoms with E-state index in [1.54, 1.807) is 36.3 Å². The third kappa shape index (κ3) is 4.93. The van der Waals surface area contributed by atoms with E-state index in [1.165, 1.54) is 0 Å². The average molecular weight is 368 g/mol. The number of amides is 2. The van der Waals surface area contributed by atoms with Crippen molar-refractivity contribution >= 4 is 11.8 Å². The monoisotopic (exact) mass is 368 g/mol. The summed E-state index contributed by atoms with van der Waals surface area (Å²) in [6.07, 6.45) is 0.0188. The maximum absolute atomic E-state index is 13.0. The molecule has 0 radical (unpaired) electrons. The quantitative estimate of drug-likeness (QED) is 0.724. The molecule has 0 unspecified atom stereocenters. The van der Waals surface area contributed by atoms with Crippen molar-refractivity contribution in [2.75, 3.05) is 33.4 Å². The normalized spacial score (nSPS) is 15.1. The maximum Gasteiger partial charge on any atom is 0.252 e. The third-order valence-corrected chi connectivity index (χ3v) is 4.49. The summed E-state index contributed by atoms with van der Waals surface area (Å²) in [7, 11) is 1.62. The van der Waals surface area contributed by atoms with E-state index in [9.17, 15) is 9.59 Å². The molecule has 1 aliphatic rings. The Morgan fingerprint density at radius 2 is 1.67 bits per heavy atom. The predicted molar refractivity (Wildman–Crippen MR) is 101 cm³/mol. The molecule has 142 valence electrons. The van der Waals surface area contributed by atoms with Gasteiger partial charge in [0.05, 0.1) is 19.3 Å². The number of carbonyl (C=O) groups excluding carboxylic acids is 2. The van der Waals surface area contributed by atoms with Crippen LogP contribution in [0, 0.1) is 0 Å². The van der Waals surface area contributed by atoms with Crippen LogP contribution >= 0.6 is 0 Å². The Hall–Kier alpha value is -2.70. The Labute approximate surface area is 159 Å². The van der Waals surface area contributed by atoms with Crippen LogP contribution < -0.4 is 5.32 Å². The van der Waals surface area contributed by atoms with E-state index in [0.29, 0.717) is 31.9 Å². The lowest BCUT2D eigenvalue weighted by molar-refractivity contribution is -0.148. The van der Waals surface area contributed by atoms with Gasteiger partial charge < -0.3 is 19.7 Å². The van der Waals surface area contributed by atoms with Crippen LogP contribution in [0.4, 0.5) is 0 Å². The molecule has 1 heterocycles. The van der Waals surface area contributed by atoms with Crippen LogP contribution in [0.3, 0.4) is 0 Å². The van der Waals surface area contributed by atoms with Crippen molar-refractivity contribution in [3.8, 4) is 0 Å². The summed E-state index contributed by atoms with van der Waals surface area (Å²) in [5.41, 5.74) is 1.28. The number of ether oxygens (including phenoxy) is 2. The molecule has 6 nitrogen and oxygen atoms in total. The average Bonchev–Trinajstić information content (AvgIpc) is 2.68. The summed E-state index contributed by atoms with van der Waals surface area (Å²) >= 11 is 0. The second kappa shape index (κ2) is 9.30. The fourth-order valence-corrected chi connectivity index (χ4v) is 2.94. The van der Waals surface area contributed by atoms with E-state index in [4.69, 9.17) is 9.47 Å². The van der Waals surface area contributed by atoms with E-state index in [2.05, 4.69) is 5.32 Å². The van der Waals surface area contributed by atoms with E-state index < -0.39 is 6.04 Å². The van der Waals surface area contributed by atoms with Crippen molar-refractivity contribution in [3.05, 3.63) is 71.8 Å². The molecule has 0 aliphatic carbocycles. The highest BCUT2D eigenvalue weighted by Gasteiger charge is 2.36. The van der Waals surface area contributed by atoms with Crippen LogP contribution in [-0.2, 0) is 14.3 Å². The topological polar surface area (TPSA) is 67.9 Å². The third-order valence-electron chi connectivity index (χ3n) is 4.49. The lowest BCUT2D eigenvalue weighted by atomic mass is 10.0. The van der Waals surface area contributed by atoms with Gasteiger partial charge in [-0.25, -0.2) is 0 Å². The fourth-order valence-electron chi connectivity index (χ4n) is 2.94. The van der Waals surface area contributed by atoms with Crippen LogP contribution in [0.1, 0.15) is 22.0 Å². The van der Waals surface area contributed by atoms with Gasteiger partial charge in [0, 0.05) is 25.8 Å². The number of likely N-dealkylation sites (tertiary alicyclic amines) is 1. The highest BCUT2D eigenvalue weighted by atomic mass is 16.5. The lowest BCUT2D eigenvalue weighted by Crippen LogP contribution is -2.57. The molecule has 6 heteroatoms. The molecule has 2 aromatic rings. The van der Waals surface area contributed by atoms with Gasteiger partial charge in [0.1, 0.15) is 6.04 Å². The molecular weight excluding hydrogens is 344 g/mol. The number of hydrogen-bond acceptors (Lipinski definition) is 4. The molecule has 0 saturated carbocycles. The maximum atomic E-state index is 13.0. The van der Waals surface area contributed by atoms with Crippen molar-refractivity contribution < 1.29 is 19.1 Å². The van der Waals surface area contributed by atoms with Gasteiger partial charge in [0.2, 0.25) is 5.91 Å². The van der Waals surface area contributed by atoms with Crippen LogP contribution in [0.15, 0.2) is 60.7 Å². The smallest absolute Gasteiger partial charge is 0.252 e. The number of benzene rings is 2. The second-order valence-corrected chi connectivity index (χ2v) is 6.41. The molecule has 2 aromatic carbocycles. The molecule has 2 amide bonds. The van der Waals surface area contributed by atoms with Crippen LogP contribution in [0.2, 0.25) is 0 Å². The van der Waals surface area contributed by atoms with Gasteiger partial charge in [-0.15, -0.1) is 0 Å². The lowest BCUT2D eigenvalue weighted by Gasteiger charge is -2.40. The van der Waals surface area contributed by atoms with Crippen molar-refractivity contribution in [2.24, 2.45) is 0 Å².